The minimum Gasteiger partial charge on any atom is -0.481 e. The van der Waals surface area contributed by atoms with Crippen LogP contribution in [0.25, 0.3) is 0 Å². The largest absolute Gasteiger partial charge is 0.481 e. The maximum atomic E-state index is 10.7. The SMILES string of the molecule is COc1ccc([N+](=O)[O-])c(C(O)C(O)C#N)n1. The monoisotopic (exact) mass is 239 g/mol. The van der Waals surface area contributed by atoms with Crippen LogP contribution in [0.4, 0.5) is 5.69 Å². The van der Waals surface area contributed by atoms with Crippen molar-refractivity contribution in [2.45, 2.75) is 12.2 Å². The van der Waals surface area contributed by atoms with Gasteiger partial charge in [-0.1, -0.05) is 0 Å². The Bertz CT molecular complexity index is 470. The van der Waals surface area contributed by atoms with E-state index < -0.39 is 28.5 Å². The van der Waals surface area contributed by atoms with Gasteiger partial charge in [0.25, 0.3) is 5.69 Å². The molecule has 0 saturated heterocycles. The van der Waals surface area contributed by atoms with Crippen molar-refractivity contribution in [2.24, 2.45) is 0 Å². The molecular formula is C9H9N3O5. The lowest BCUT2D eigenvalue weighted by Crippen LogP contribution is -2.18. The van der Waals surface area contributed by atoms with E-state index in [1.54, 1.807) is 0 Å². The smallest absolute Gasteiger partial charge is 0.293 e. The third-order valence-electron chi connectivity index (χ3n) is 1.99. The first-order valence-corrected chi connectivity index (χ1v) is 4.46. The van der Waals surface area contributed by atoms with Gasteiger partial charge in [0.05, 0.1) is 18.1 Å². The maximum absolute atomic E-state index is 10.7. The van der Waals surface area contributed by atoms with Crippen LogP contribution in [0, 0.1) is 21.4 Å². The molecule has 90 valence electrons. The second-order valence-corrected chi connectivity index (χ2v) is 3.03. The summed E-state index contributed by atoms with van der Waals surface area (Å²) in [5.74, 6) is 0.0368. The highest BCUT2D eigenvalue weighted by atomic mass is 16.6. The number of pyridine rings is 1. The Morgan fingerprint density at radius 1 is 1.59 bits per heavy atom. The zero-order valence-electron chi connectivity index (χ0n) is 8.77. The van der Waals surface area contributed by atoms with Crippen molar-refractivity contribution in [3.63, 3.8) is 0 Å². The molecule has 0 aliphatic carbocycles. The summed E-state index contributed by atoms with van der Waals surface area (Å²) in [4.78, 5) is 13.6. The van der Waals surface area contributed by atoms with Crippen molar-refractivity contribution in [1.82, 2.24) is 4.98 Å². The van der Waals surface area contributed by atoms with Crippen LogP contribution >= 0.6 is 0 Å². The zero-order chi connectivity index (χ0) is 13.0. The van der Waals surface area contributed by atoms with Gasteiger partial charge in [0, 0.05) is 12.1 Å². The van der Waals surface area contributed by atoms with Crippen LogP contribution in [0.1, 0.15) is 11.8 Å². The highest BCUT2D eigenvalue weighted by molar-refractivity contribution is 5.40. The summed E-state index contributed by atoms with van der Waals surface area (Å²) in [6.45, 7) is 0. The molecule has 0 fully saturated rings. The first-order chi connectivity index (χ1) is 8.01. The molecule has 2 unspecified atom stereocenters. The summed E-state index contributed by atoms with van der Waals surface area (Å²) in [6, 6.07) is 3.69. The Labute approximate surface area is 95.9 Å². The third kappa shape index (κ3) is 2.66. The molecule has 1 rings (SSSR count). The highest BCUT2D eigenvalue weighted by Crippen LogP contribution is 2.27. The molecule has 0 spiro atoms. The van der Waals surface area contributed by atoms with Crippen LogP contribution in [0.5, 0.6) is 5.88 Å². The van der Waals surface area contributed by atoms with Crippen molar-refractivity contribution >= 4 is 5.69 Å². The number of nitriles is 1. The number of ether oxygens (including phenoxy) is 1. The minimum atomic E-state index is -1.80. The van der Waals surface area contributed by atoms with Gasteiger partial charge < -0.3 is 14.9 Å². The van der Waals surface area contributed by atoms with E-state index in [9.17, 15) is 15.2 Å². The second kappa shape index (κ2) is 5.20. The zero-order valence-corrected chi connectivity index (χ0v) is 8.77. The highest BCUT2D eigenvalue weighted by Gasteiger charge is 2.28. The number of nitrogens with zero attached hydrogens (tertiary/aromatic N) is 3. The predicted octanol–water partition coefficient (Wildman–Crippen LogP) is -0.0837. The van der Waals surface area contributed by atoms with Crippen LogP contribution in [-0.4, -0.2) is 33.3 Å². The lowest BCUT2D eigenvalue weighted by Gasteiger charge is -2.11. The summed E-state index contributed by atoms with van der Waals surface area (Å²) >= 11 is 0. The first-order valence-electron chi connectivity index (χ1n) is 4.46. The average molecular weight is 239 g/mol. The number of nitro groups is 1. The van der Waals surface area contributed by atoms with Crippen molar-refractivity contribution in [1.29, 1.82) is 5.26 Å². The molecular weight excluding hydrogens is 230 g/mol. The van der Waals surface area contributed by atoms with Gasteiger partial charge in [-0.15, -0.1) is 0 Å². The van der Waals surface area contributed by atoms with Crippen LogP contribution in [0.15, 0.2) is 12.1 Å². The molecule has 8 nitrogen and oxygen atoms in total. The number of hydrogen-bond acceptors (Lipinski definition) is 7. The number of rotatable bonds is 4. The van der Waals surface area contributed by atoms with Gasteiger partial charge in [0.1, 0.15) is 6.10 Å². The standard InChI is InChI=1S/C9H9N3O5/c1-17-7-3-2-5(12(15)16)8(11-7)9(14)6(13)4-10/h2-3,6,9,13-14H,1H3. The molecule has 0 aromatic carbocycles. The summed E-state index contributed by atoms with van der Waals surface area (Å²) in [7, 11) is 1.30. The Hall–Kier alpha value is -2.24. The van der Waals surface area contributed by atoms with Gasteiger partial charge in [-0.2, -0.15) is 5.26 Å². The summed E-state index contributed by atoms with van der Waals surface area (Å²) in [5.41, 5.74) is -0.906. The minimum absolute atomic E-state index is 0.0368. The number of aliphatic hydroxyl groups is 2. The fourth-order valence-electron chi connectivity index (χ4n) is 1.15. The third-order valence-corrected chi connectivity index (χ3v) is 1.99. The number of methoxy groups -OCH3 is 1. The van der Waals surface area contributed by atoms with Gasteiger partial charge in [-0.05, 0) is 0 Å². The average Bonchev–Trinajstić information content (AvgIpc) is 2.35. The fraction of sp³-hybridized carbons (Fsp3) is 0.333. The van der Waals surface area contributed by atoms with Crippen molar-refractivity contribution in [3.8, 4) is 11.9 Å². The normalized spacial score (nSPS) is 13.5. The lowest BCUT2D eigenvalue weighted by molar-refractivity contribution is -0.386. The molecule has 1 heterocycles. The Balaban J connectivity index is 3.27. The van der Waals surface area contributed by atoms with Crippen LogP contribution in [-0.2, 0) is 0 Å². The van der Waals surface area contributed by atoms with E-state index in [0.29, 0.717) is 0 Å². The van der Waals surface area contributed by atoms with E-state index in [1.165, 1.54) is 19.2 Å². The molecule has 1 aromatic heterocycles. The van der Waals surface area contributed by atoms with E-state index in [1.807, 2.05) is 0 Å². The van der Waals surface area contributed by atoms with Crippen molar-refractivity contribution in [3.05, 3.63) is 27.9 Å². The predicted molar refractivity (Wildman–Crippen MR) is 54.0 cm³/mol. The molecule has 0 radical (unpaired) electrons. The van der Waals surface area contributed by atoms with Gasteiger partial charge in [0.2, 0.25) is 5.88 Å². The quantitative estimate of drug-likeness (QED) is 0.426. The van der Waals surface area contributed by atoms with Gasteiger partial charge in [-0.25, -0.2) is 4.98 Å². The second-order valence-electron chi connectivity index (χ2n) is 3.03. The van der Waals surface area contributed by atoms with E-state index in [-0.39, 0.29) is 5.88 Å². The van der Waals surface area contributed by atoms with Crippen molar-refractivity contribution in [2.75, 3.05) is 7.11 Å². The maximum Gasteiger partial charge on any atom is 0.293 e. The fourth-order valence-corrected chi connectivity index (χ4v) is 1.15. The van der Waals surface area contributed by atoms with Gasteiger partial charge in [-0.3, -0.25) is 10.1 Å². The number of aromatic nitrogens is 1. The Morgan fingerprint density at radius 2 is 2.24 bits per heavy atom. The first kappa shape index (κ1) is 12.8. The van der Waals surface area contributed by atoms with E-state index >= 15 is 0 Å². The molecule has 0 amide bonds. The molecule has 2 atom stereocenters. The Morgan fingerprint density at radius 3 is 2.71 bits per heavy atom. The molecule has 2 N–H and O–H groups in total. The van der Waals surface area contributed by atoms with Gasteiger partial charge in [0.15, 0.2) is 11.8 Å². The molecule has 0 saturated carbocycles. The van der Waals surface area contributed by atoms with E-state index in [4.69, 9.17) is 15.1 Å². The van der Waals surface area contributed by atoms with Crippen LogP contribution < -0.4 is 4.74 Å². The van der Waals surface area contributed by atoms with Crippen LogP contribution in [0.3, 0.4) is 0 Å². The molecule has 0 aliphatic rings. The lowest BCUT2D eigenvalue weighted by atomic mass is 10.1. The molecule has 8 heteroatoms. The van der Waals surface area contributed by atoms with E-state index in [2.05, 4.69) is 4.98 Å². The summed E-state index contributed by atoms with van der Waals surface area (Å²) < 4.78 is 4.74. The Kier molecular flexibility index (Phi) is 3.92. The summed E-state index contributed by atoms with van der Waals surface area (Å²) in [6.07, 6.45) is -3.57. The summed E-state index contributed by atoms with van der Waals surface area (Å²) in [5, 5.41) is 37.8. The molecule has 17 heavy (non-hydrogen) atoms. The van der Waals surface area contributed by atoms with Crippen LogP contribution in [0.2, 0.25) is 0 Å². The van der Waals surface area contributed by atoms with Gasteiger partial charge >= 0.3 is 0 Å². The molecule has 0 bridgehead atoms. The van der Waals surface area contributed by atoms with E-state index in [0.717, 1.165) is 6.07 Å². The molecule has 0 aliphatic heterocycles. The topological polar surface area (TPSA) is 130 Å². The number of aliphatic hydroxyl groups excluding tert-OH is 2. The number of hydrogen-bond donors (Lipinski definition) is 2. The molecule has 1 aromatic rings. The van der Waals surface area contributed by atoms with Crippen molar-refractivity contribution < 1.29 is 19.9 Å².